The Morgan fingerprint density at radius 3 is 2.81 bits per heavy atom. The molecule has 2 aromatic rings. The molecule has 0 spiro atoms. The second kappa shape index (κ2) is 7.68. The number of carbonyl (C=O) groups is 2. The average molecular weight is 288 g/mol. The largest absolute Gasteiger partial charge is 0.359 e. The topological polar surface area (TPSA) is 96.3 Å². The van der Waals surface area contributed by atoms with Gasteiger partial charge in [0, 0.05) is 24.7 Å². The van der Waals surface area contributed by atoms with Gasteiger partial charge in [0.25, 0.3) is 0 Å². The maximum absolute atomic E-state index is 11.6. The molecule has 110 valence electrons. The first-order valence-electron chi connectivity index (χ1n) is 6.53. The summed E-state index contributed by atoms with van der Waals surface area (Å²) in [6.07, 6.45) is 1.28. The van der Waals surface area contributed by atoms with Crippen molar-refractivity contribution < 1.29 is 14.1 Å². The predicted octanol–water partition coefficient (Wildman–Crippen LogP) is 1.60. The van der Waals surface area contributed by atoms with E-state index in [-0.39, 0.29) is 6.03 Å². The highest BCUT2D eigenvalue weighted by molar-refractivity contribution is 5.88. The van der Waals surface area contributed by atoms with E-state index in [0.717, 1.165) is 5.56 Å². The number of rotatable bonds is 7. The van der Waals surface area contributed by atoms with Gasteiger partial charge in [-0.25, -0.2) is 4.79 Å². The molecule has 0 saturated heterocycles. The van der Waals surface area contributed by atoms with E-state index in [1.165, 1.54) is 0 Å². The molecule has 0 atom stereocenters. The second-order valence-electron chi connectivity index (χ2n) is 4.25. The molecular formula is C14H16N4O3. The Morgan fingerprint density at radius 1 is 1.24 bits per heavy atom. The zero-order chi connectivity index (χ0) is 14.9. The molecule has 1 aromatic heterocycles. The van der Waals surface area contributed by atoms with Crippen molar-refractivity contribution in [3.05, 3.63) is 36.4 Å². The van der Waals surface area contributed by atoms with E-state index in [0.29, 0.717) is 37.5 Å². The third-order valence-corrected chi connectivity index (χ3v) is 2.68. The Balaban J connectivity index is 1.80. The number of nitrogens with zero attached hydrogens (tertiary/aromatic N) is 1. The van der Waals surface area contributed by atoms with Gasteiger partial charge < -0.3 is 15.2 Å². The van der Waals surface area contributed by atoms with Crippen LogP contribution in [0.4, 0.5) is 10.6 Å². The Hall–Kier alpha value is -2.83. The molecule has 7 heteroatoms. The molecule has 3 N–H and O–H groups in total. The van der Waals surface area contributed by atoms with Crippen LogP contribution in [-0.2, 0) is 4.79 Å². The number of benzene rings is 1. The number of nitrogens with one attached hydrogen (secondary N) is 3. The van der Waals surface area contributed by atoms with Gasteiger partial charge >= 0.3 is 6.03 Å². The van der Waals surface area contributed by atoms with Gasteiger partial charge in [-0.05, 0) is 6.42 Å². The lowest BCUT2D eigenvalue weighted by Gasteiger charge is -2.04. The summed E-state index contributed by atoms with van der Waals surface area (Å²) >= 11 is 0. The molecule has 1 heterocycles. The van der Waals surface area contributed by atoms with Crippen molar-refractivity contribution in [1.82, 2.24) is 15.8 Å². The van der Waals surface area contributed by atoms with Crippen molar-refractivity contribution in [3.63, 3.8) is 0 Å². The fourth-order valence-corrected chi connectivity index (χ4v) is 1.68. The quantitative estimate of drug-likeness (QED) is 0.532. The third kappa shape index (κ3) is 4.64. The molecule has 0 saturated carbocycles. The molecule has 0 aliphatic heterocycles. The van der Waals surface area contributed by atoms with Crippen LogP contribution in [0.15, 0.2) is 40.9 Å². The van der Waals surface area contributed by atoms with Gasteiger partial charge in [0.05, 0.1) is 0 Å². The van der Waals surface area contributed by atoms with Gasteiger partial charge in [-0.1, -0.05) is 35.5 Å². The molecule has 21 heavy (non-hydrogen) atoms. The van der Waals surface area contributed by atoms with E-state index in [9.17, 15) is 9.59 Å². The van der Waals surface area contributed by atoms with Gasteiger partial charge in [-0.2, -0.15) is 0 Å². The van der Waals surface area contributed by atoms with E-state index in [1.807, 2.05) is 30.3 Å². The summed E-state index contributed by atoms with van der Waals surface area (Å²) in [5.74, 6) is 0.929. The standard InChI is InChI=1S/C14H16N4O3/c19-10-15-7-4-8-16-14(20)17-13-9-12(21-18-13)11-5-2-1-3-6-11/h1-3,5-6,9-10H,4,7-8H2,(H,15,19)(H2,16,17,18,20). The van der Waals surface area contributed by atoms with Crippen LogP contribution in [0, 0.1) is 0 Å². The predicted molar refractivity (Wildman–Crippen MR) is 77.6 cm³/mol. The van der Waals surface area contributed by atoms with Crippen molar-refractivity contribution in [2.75, 3.05) is 18.4 Å². The monoisotopic (exact) mass is 288 g/mol. The number of anilines is 1. The highest BCUT2D eigenvalue weighted by Crippen LogP contribution is 2.21. The average Bonchev–Trinajstić information content (AvgIpc) is 2.96. The van der Waals surface area contributed by atoms with Crippen LogP contribution in [0.5, 0.6) is 0 Å². The van der Waals surface area contributed by atoms with Crippen molar-refractivity contribution >= 4 is 18.3 Å². The summed E-state index contributed by atoms with van der Waals surface area (Å²) in [6, 6.07) is 10.8. The first kappa shape index (κ1) is 14.6. The number of hydrogen-bond acceptors (Lipinski definition) is 4. The van der Waals surface area contributed by atoms with Crippen LogP contribution in [0.3, 0.4) is 0 Å². The summed E-state index contributed by atoms with van der Waals surface area (Å²) in [4.78, 5) is 21.6. The Labute approximate surface area is 121 Å². The van der Waals surface area contributed by atoms with Gasteiger partial charge in [-0.15, -0.1) is 0 Å². The van der Waals surface area contributed by atoms with E-state index in [4.69, 9.17) is 4.52 Å². The van der Waals surface area contributed by atoms with Gasteiger partial charge in [0.2, 0.25) is 6.41 Å². The normalized spacial score (nSPS) is 9.90. The van der Waals surface area contributed by atoms with Crippen LogP contribution < -0.4 is 16.0 Å². The number of urea groups is 1. The zero-order valence-electron chi connectivity index (χ0n) is 11.3. The third-order valence-electron chi connectivity index (χ3n) is 2.68. The van der Waals surface area contributed by atoms with Crippen molar-refractivity contribution in [2.24, 2.45) is 0 Å². The molecule has 0 aliphatic carbocycles. The Morgan fingerprint density at radius 2 is 2.05 bits per heavy atom. The molecule has 0 radical (unpaired) electrons. The lowest BCUT2D eigenvalue weighted by molar-refractivity contribution is -0.109. The van der Waals surface area contributed by atoms with E-state index in [1.54, 1.807) is 6.07 Å². The summed E-state index contributed by atoms with van der Waals surface area (Å²) in [5, 5.41) is 11.5. The lowest BCUT2D eigenvalue weighted by Crippen LogP contribution is -2.31. The molecular weight excluding hydrogens is 272 g/mol. The lowest BCUT2D eigenvalue weighted by atomic mass is 10.2. The van der Waals surface area contributed by atoms with Crippen LogP contribution in [0.25, 0.3) is 11.3 Å². The van der Waals surface area contributed by atoms with Crippen molar-refractivity contribution in [3.8, 4) is 11.3 Å². The van der Waals surface area contributed by atoms with Gasteiger partial charge in [-0.3, -0.25) is 10.1 Å². The summed E-state index contributed by atoms with van der Waals surface area (Å²) < 4.78 is 5.17. The minimum Gasteiger partial charge on any atom is -0.359 e. The first-order chi connectivity index (χ1) is 10.3. The fourth-order valence-electron chi connectivity index (χ4n) is 1.68. The van der Waals surface area contributed by atoms with Gasteiger partial charge in [0.1, 0.15) is 0 Å². The number of aromatic nitrogens is 1. The molecule has 0 fully saturated rings. The smallest absolute Gasteiger partial charge is 0.320 e. The Bertz CT molecular complexity index is 583. The van der Waals surface area contributed by atoms with Crippen LogP contribution in [0.2, 0.25) is 0 Å². The number of amides is 3. The summed E-state index contributed by atoms with van der Waals surface area (Å²) in [7, 11) is 0. The van der Waals surface area contributed by atoms with Crippen molar-refractivity contribution in [2.45, 2.75) is 6.42 Å². The van der Waals surface area contributed by atoms with E-state index >= 15 is 0 Å². The Kier molecular flexibility index (Phi) is 5.33. The SMILES string of the molecule is O=CNCCCNC(=O)Nc1cc(-c2ccccc2)on1. The molecule has 7 nitrogen and oxygen atoms in total. The minimum atomic E-state index is -0.367. The molecule has 2 rings (SSSR count). The fraction of sp³-hybridized carbons (Fsp3) is 0.214. The number of hydrogen-bond donors (Lipinski definition) is 3. The molecule has 1 aromatic carbocycles. The van der Waals surface area contributed by atoms with Crippen LogP contribution in [0.1, 0.15) is 6.42 Å². The second-order valence-corrected chi connectivity index (χ2v) is 4.25. The summed E-state index contributed by atoms with van der Waals surface area (Å²) in [6.45, 7) is 0.974. The number of carbonyl (C=O) groups excluding carboxylic acids is 2. The molecule has 0 bridgehead atoms. The highest BCUT2D eigenvalue weighted by Gasteiger charge is 2.08. The van der Waals surface area contributed by atoms with E-state index < -0.39 is 0 Å². The van der Waals surface area contributed by atoms with Gasteiger partial charge in [0.15, 0.2) is 11.6 Å². The minimum absolute atomic E-state index is 0.345. The van der Waals surface area contributed by atoms with Crippen LogP contribution >= 0.6 is 0 Å². The van der Waals surface area contributed by atoms with E-state index in [2.05, 4.69) is 21.1 Å². The molecule has 3 amide bonds. The maximum Gasteiger partial charge on any atom is 0.320 e. The van der Waals surface area contributed by atoms with Crippen molar-refractivity contribution in [1.29, 1.82) is 0 Å². The molecule has 0 unspecified atom stereocenters. The van der Waals surface area contributed by atoms with Crippen LogP contribution in [-0.4, -0.2) is 30.7 Å². The molecule has 0 aliphatic rings. The summed E-state index contributed by atoms with van der Waals surface area (Å²) in [5.41, 5.74) is 0.887. The first-order valence-corrected chi connectivity index (χ1v) is 6.53. The zero-order valence-corrected chi connectivity index (χ0v) is 11.3. The highest BCUT2D eigenvalue weighted by atomic mass is 16.5. The maximum atomic E-state index is 11.6.